The highest BCUT2D eigenvalue weighted by Gasteiger charge is 2.48. The van der Waals surface area contributed by atoms with Gasteiger partial charge in [0.1, 0.15) is 17.7 Å². The number of nitrogens with zero attached hydrogens (tertiary/aromatic N) is 3. The summed E-state index contributed by atoms with van der Waals surface area (Å²) in [4.78, 5) is 19.9. The first-order valence-electron chi connectivity index (χ1n) is 16.1. The Morgan fingerprint density at radius 1 is 0.792 bits per heavy atom. The van der Waals surface area contributed by atoms with Crippen molar-refractivity contribution in [3.8, 4) is 28.7 Å². The maximum atomic E-state index is 13.7. The number of ether oxygens (including phenoxy) is 5. The minimum atomic E-state index is -0.202. The number of rotatable bonds is 14. The van der Waals surface area contributed by atoms with Crippen molar-refractivity contribution >= 4 is 48.4 Å². The molecule has 2 atom stereocenters. The van der Waals surface area contributed by atoms with Gasteiger partial charge in [-0.15, -0.1) is 24.8 Å². The molecule has 1 saturated heterocycles. The first-order valence-corrected chi connectivity index (χ1v) is 16.8. The molecule has 9 nitrogen and oxygen atoms in total. The fourth-order valence-corrected chi connectivity index (χ4v) is 7.73. The summed E-state index contributed by atoms with van der Waals surface area (Å²) in [6.45, 7) is 8.85. The van der Waals surface area contributed by atoms with Crippen LogP contribution < -0.4 is 27.6 Å². The van der Waals surface area contributed by atoms with E-state index >= 15 is 0 Å². The van der Waals surface area contributed by atoms with Crippen molar-refractivity contribution in [2.45, 2.75) is 37.0 Å². The Bertz CT molecular complexity index is 1480. The molecular formula is C36H50Cl2N3O6S+. The van der Waals surface area contributed by atoms with Crippen molar-refractivity contribution in [2.75, 3.05) is 81.4 Å². The maximum Gasteiger partial charge on any atom is 0.337 e. The predicted molar refractivity (Wildman–Crippen MR) is 198 cm³/mol. The zero-order valence-corrected chi connectivity index (χ0v) is 31.3. The number of likely N-dealkylation sites (N-methyl/N-ethyl adjacent to an activating group) is 1. The molecule has 2 aliphatic rings. The molecule has 1 amide bonds. The molecule has 0 spiro atoms. The number of fused-ring (bicyclic) bond motifs is 1. The highest BCUT2D eigenvalue weighted by atomic mass is 35.5. The van der Waals surface area contributed by atoms with Gasteiger partial charge in [0.25, 0.3) is 0 Å². The van der Waals surface area contributed by atoms with Crippen molar-refractivity contribution in [2.24, 2.45) is 0 Å². The molecule has 0 bridgehead atoms. The fraction of sp³-hybridized carbons (Fsp3) is 0.472. The van der Waals surface area contributed by atoms with E-state index in [4.69, 9.17) is 23.7 Å². The van der Waals surface area contributed by atoms with E-state index in [9.17, 15) is 4.79 Å². The fourth-order valence-electron chi connectivity index (χ4n) is 6.35. The molecule has 2 aliphatic heterocycles. The number of amides is 1. The highest BCUT2D eigenvalue weighted by Crippen LogP contribution is 2.50. The van der Waals surface area contributed by atoms with Crippen LogP contribution in [0.25, 0.3) is 0 Å². The van der Waals surface area contributed by atoms with Gasteiger partial charge >= 0.3 is 5.91 Å². The van der Waals surface area contributed by atoms with Crippen LogP contribution in [-0.2, 0) is 11.2 Å². The molecule has 48 heavy (non-hydrogen) atoms. The quantitative estimate of drug-likeness (QED) is 0.101. The molecular weight excluding hydrogens is 673 g/mol. The van der Waals surface area contributed by atoms with Crippen LogP contribution >= 0.6 is 36.8 Å². The largest absolute Gasteiger partial charge is 0.497 e. The van der Waals surface area contributed by atoms with Gasteiger partial charge in [0, 0.05) is 44.9 Å². The number of halogens is 2. The van der Waals surface area contributed by atoms with E-state index in [1.807, 2.05) is 56.4 Å². The lowest BCUT2D eigenvalue weighted by molar-refractivity contribution is -0.126. The van der Waals surface area contributed by atoms with Crippen LogP contribution in [-0.4, -0.2) is 97.1 Å². The Labute approximate surface area is 302 Å². The Morgan fingerprint density at radius 2 is 1.44 bits per heavy atom. The van der Waals surface area contributed by atoms with Crippen LogP contribution in [0.5, 0.6) is 28.7 Å². The van der Waals surface area contributed by atoms with Crippen LogP contribution in [0.2, 0.25) is 0 Å². The first kappa shape index (κ1) is 39.6. The minimum Gasteiger partial charge on any atom is -0.497 e. The molecule has 0 aliphatic carbocycles. The molecule has 0 radical (unpaired) electrons. The number of methoxy groups -OCH3 is 4. The van der Waals surface area contributed by atoms with Gasteiger partial charge in [-0.1, -0.05) is 18.2 Å². The smallest absolute Gasteiger partial charge is 0.337 e. The van der Waals surface area contributed by atoms with E-state index in [0.29, 0.717) is 29.6 Å². The first-order chi connectivity index (χ1) is 22.3. The van der Waals surface area contributed by atoms with Gasteiger partial charge in [0.2, 0.25) is 5.75 Å². The molecule has 3 aromatic carbocycles. The van der Waals surface area contributed by atoms with Crippen LogP contribution in [0.3, 0.4) is 0 Å². The van der Waals surface area contributed by atoms with Gasteiger partial charge in [-0.05, 0) is 68.1 Å². The van der Waals surface area contributed by atoms with Crippen LogP contribution in [0.1, 0.15) is 36.8 Å². The molecule has 2 heterocycles. The standard InChI is InChI=1S/C36H48N3O6S.2ClH/c1-26-29-11-7-8-12-34(29)46-39(2,36(26)40)30-14-13-28(41-3)25-31(30)45-22-10-9-16-37-18-20-38(21-19-37)17-15-27-23-32(42-4)35(44-6)33(24-27)43-5;;/h7-8,11-14,23-26H,9-10,15-22H2,1-6H3;2*1H/q+1;;. The number of hydrogen-bond acceptors (Lipinski definition) is 9. The Kier molecular flexibility index (Phi) is 15.0. The second-order valence-electron chi connectivity index (χ2n) is 12.0. The topological polar surface area (TPSA) is 69.7 Å². The lowest BCUT2D eigenvalue weighted by Gasteiger charge is -2.36. The second kappa shape index (κ2) is 18.2. The number of carbonyl (C=O) groups is 1. The molecule has 0 saturated carbocycles. The highest BCUT2D eigenvalue weighted by molar-refractivity contribution is 7.99. The summed E-state index contributed by atoms with van der Waals surface area (Å²) in [6.07, 6.45) is 2.91. The maximum absolute atomic E-state index is 13.7. The average Bonchev–Trinajstić information content (AvgIpc) is 3.09. The Balaban J connectivity index is 0.00000312. The number of piperazine rings is 1. The van der Waals surface area contributed by atoms with Crippen LogP contribution in [0.4, 0.5) is 5.69 Å². The molecule has 1 fully saturated rings. The van der Waals surface area contributed by atoms with Crippen molar-refractivity contribution in [3.05, 3.63) is 65.7 Å². The molecule has 0 N–H and O–H groups in total. The van der Waals surface area contributed by atoms with Crippen molar-refractivity contribution < 1.29 is 28.5 Å². The van der Waals surface area contributed by atoms with Gasteiger partial charge in [-0.3, -0.25) is 0 Å². The summed E-state index contributed by atoms with van der Waals surface area (Å²) in [7, 11) is 8.56. The lowest BCUT2D eigenvalue weighted by atomic mass is 9.99. The van der Waals surface area contributed by atoms with Gasteiger partial charge in [0.05, 0.1) is 52.9 Å². The number of carbonyl (C=O) groups excluding carboxylic acids is 1. The summed E-state index contributed by atoms with van der Waals surface area (Å²) in [5.74, 6) is 3.39. The summed E-state index contributed by atoms with van der Waals surface area (Å²) in [5, 5.41) is 0. The SMILES string of the molecule is COc1ccc([N+]2(C)Sc3ccccc3C(C)C2=O)c(OCCCCN2CCN(CCc3cc(OC)c(OC)c(OC)c3)CC2)c1.Cl.Cl. The molecule has 12 heteroatoms. The van der Waals surface area contributed by atoms with Crippen LogP contribution in [0, 0.1) is 0 Å². The van der Waals surface area contributed by atoms with E-state index < -0.39 is 0 Å². The summed E-state index contributed by atoms with van der Waals surface area (Å²) in [6, 6.07) is 18.1. The van der Waals surface area contributed by atoms with Crippen molar-refractivity contribution in [3.63, 3.8) is 0 Å². The van der Waals surface area contributed by atoms with E-state index in [0.717, 1.165) is 80.4 Å². The Hall–Kier alpha value is -2.86. The number of quaternary nitrogens is 1. The third kappa shape index (κ3) is 8.83. The summed E-state index contributed by atoms with van der Waals surface area (Å²) >= 11 is 1.56. The molecule has 0 aromatic heterocycles. The van der Waals surface area contributed by atoms with Crippen molar-refractivity contribution in [1.82, 2.24) is 13.7 Å². The van der Waals surface area contributed by atoms with Gasteiger partial charge in [-0.25, -0.2) is 4.79 Å². The molecule has 3 aromatic rings. The monoisotopic (exact) mass is 722 g/mol. The number of unbranched alkanes of at least 4 members (excludes halogenated alkanes) is 1. The number of hydrogen-bond donors (Lipinski definition) is 0. The van der Waals surface area contributed by atoms with E-state index in [-0.39, 0.29) is 40.5 Å². The van der Waals surface area contributed by atoms with E-state index in [1.165, 1.54) is 5.56 Å². The molecule has 264 valence electrons. The third-order valence-corrected chi connectivity index (χ3v) is 10.4. The minimum absolute atomic E-state index is 0. The van der Waals surface area contributed by atoms with E-state index in [1.54, 1.807) is 40.4 Å². The van der Waals surface area contributed by atoms with Gasteiger partial charge < -0.3 is 33.5 Å². The van der Waals surface area contributed by atoms with Crippen LogP contribution in [0.15, 0.2) is 59.5 Å². The Morgan fingerprint density at radius 3 is 2.06 bits per heavy atom. The van der Waals surface area contributed by atoms with Gasteiger partial charge in [-0.2, -0.15) is 3.89 Å². The third-order valence-electron chi connectivity index (χ3n) is 9.12. The summed E-state index contributed by atoms with van der Waals surface area (Å²) < 4.78 is 28.5. The summed E-state index contributed by atoms with van der Waals surface area (Å²) in [5.41, 5.74) is 3.11. The average molecular weight is 724 g/mol. The zero-order valence-electron chi connectivity index (χ0n) is 28.9. The molecule has 5 rings (SSSR count). The van der Waals surface area contributed by atoms with Crippen molar-refractivity contribution in [1.29, 1.82) is 0 Å². The number of benzene rings is 3. The zero-order chi connectivity index (χ0) is 32.7. The van der Waals surface area contributed by atoms with Gasteiger partial charge in [0.15, 0.2) is 22.9 Å². The normalized spacial score (nSPS) is 19.4. The molecule has 2 unspecified atom stereocenters. The second-order valence-corrected chi connectivity index (χ2v) is 13.3. The lowest BCUT2D eigenvalue weighted by Crippen LogP contribution is -2.48. The van der Waals surface area contributed by atoms with E-state index in [2.05, 4.69) is 21.9 Å². The predicted octanol–water partition coefficient (Wildman–Crippen LogP) is 6.87.